The van der Waals surface area contributed by atoms with Gasteiger partial charge in [-0.25, -0.2) is 0 Å². The topological polar surface area (TPSA) is 9.86 Å². The van der Waals surface area contributed by atoms with Crippen LogP contribution in [-0.4, -0.2) is 9.13 Å². The summed E-state index contributed by atoms with van der Waals surface area (Å²) in [6.07, 6.45) is 0. The summed E-state index contributed by atoms with van der Waals surface area (Å²) in [5, 5.41) is 5.42. The molecule has 0 saturated carbocycles. The second-order valence-corrected chi connectivity index (χ2v) is 12.2. The Bertz CT molecular complexity index is 2180. The SMILES string of the molecule is CC1(C)c2c(cc3c4c2c2ccccc2n4-c2ccccc2C3(C)C)-n2c3ccccc3c3cccc1c32. The molecular weight excluding hydrogens is 460 g/mol. The van der Waals surface area contributed by atoms with E-state index < -0.39 is 0 Å². The van der Waals surface area contributed by atoms with Crippen LogP contribution >= 0.6 is 0 Å². The molecule has 9 rings (SSSR count). The van der Waals surface area contributed by atoms with E-state index in [2.05, 4.69) is 134 Å². The molecule has 0 amide bonds. The fourth-order valence-corrected chi connectivity index (χ4v) is 7.94. The monoisotopic (exact) mass is 488 g/mol. The molecule has 2 aliphatic rings. The molecule has 0 radical (unpaired) electrons. The summed E-state index contributed by atoms with van der Waals surface area (Å²) in [4.78, 5) is 0. The van der Waals surface area contributed by atoms with E-state index in [0.29, 0.717) is 0 Å². The first-order chi connectivity index (χ1) is 18.4. The molecule has 2 aromatic heterocycles. The van der Waals surface area contributed by atoms with Gasteiger partial charge in [0.1, 0.15) is 0 Å². The predicted octanol–water partition coefficient (Wildman–Crippen LogP) is 9.16. The van der Waals surface area contributed by atoms with Crippen LogP contribution in [0.1, 0.15) is 49.9 Å². The predicted molar refractivity (Wildman–Crippen MR) is 159 cm³/mol. The summed E-state index contributed by atoms with van der Waals surface area (Å²) in [6, 6.07) is 36.4. The van der Waals surface area contributed by atoms with Crippen molar-refractivity contribution in [3.8, 4) is 11.4 Å². The van der Waals surface area contributed by atoms with Crippen molar-refractivity contribution in [3.63, 3.8) is 0 Å². The van der Waals surface area contributed by atoms with Crippen molar-refractivity contribution in [1.82, 2.24) is 9.13 Å². The van der Waals surface area contributed by atoms with E-state index in [9.17, 15) is 0 Å². The number of nitrogens with zero attached hydrogens (tertiary/aromatic N) is 2. The Morgan fingerprint density at radius 3 is 1.89 bits per heavy atom. The molecule has 0 N–H and O–H groups in total. The number of rotatable bonds is 0. The number of hydrogen-bond donors (Lipinski definition) is 0. The number of aromatic nitrogens is 2. The van der Waals surface area contributed by atoms with Gasteiger partial charge in [-0.2, -0.15) is 0 Å². The third-order valence-electron chi connectivity index (χ3n) is 9.64. The van der Waals surface area contributed by atoms with Gasteiger partial charge in [0.2, 0.25) is 0 Å². The zero-order chi connectivity index (χ0) is 25.6. The van der Waals surface area contributed by atoms with E-state index in [1.165, 1.54) is 77.2 Å². The molecule has 0 saturated heterocycles. The highest BCUT2D eigenvalue weighted by Gasteiger charge is 2.42. The Morgan fingerprint density at radius 2 is 1.08 bits per heavy atom. The summed E-state index contributed by atoms with van der Waals surface area (Å²) in [6.45, 7) is 9.66. The largest absolute Gasteiger partial charge is 0.309 e. The minimum absolute atomic E-state index is 0.128. The molecule has 2 nitrogen and oxygen atoms in total. The highest BCUT2D eigenvalue weighted by atomic mass is 15.0. The summed E-state index contributed by atoms with van der Waals surface area (Å²) in [5.74, 6) is 0. The molecule has 5 aromatic carbocycles. The zero-order valence-corrected chi connectivity index (χ0v) is 22.1. The minimum Gasteiger partial charge on any atom is -0.309 e. The van der Waals surface area contributed by atoms with E-state index in [4.69, 9.17) is 0 Å². The maximum atomic E-state index is 2.57. The highest BCUT2D eigenvalue weighted by molar-refractivity contribution is 6.17. The highest BCUT2D eigenvalue weighted by Crippen LogP contribution is 2.55. The Morgan fingerprint density at radius 1 is 0.474 bits per heavy atom. The lowest BCUT2D eigenvalue weighted by atomic mass is 9.69. The Labute approximate surface area is 221 Å². The van der Waals surface area contributed by atoms with Gasteiger partial charge in [-0.15, -0.1) is 0 Å². The van der Waals surface area contributed by atoms with Gasteiger partial charge >= 0.3 is 0 Å². The number of para-hydroxylation sites is 4. The van der Waals surface area contributed by atoms with Gasteiger partial charge in [0.15, 0.2) is 0 Å². The van der Waals surface area contributed by atoms with Crippen molar-refractivity contribution in [2.45, 2.75) is 38.5 Å². The molecule has 38 heavy (non-hydrogen) atoms. The van der Waals surface area contributed by atoms with E-state index >= 15 is 0 Å². The molecule has 182 valence electrons. The maximum absolute atomic E-state index is 2.57. The van der Waals surface area contributed by atoms with Gasteiger partial charge in [0.25, 0.3) is 0 Å². The van der Waals surface area contributed by atoms with Crippen LogP contribution < -0.4 is 0 Å². The van der Waals surface area contributed by atoms with Gasteiger partial charge in [-0.05, 0) is 46.5 Å². The maximum Gasteiger partial charge on any atom is 0.0586 e. The Kier molecular flexibility index (Phi) is 3.49. The molecular formula is C36H28N2. The van der Waals surface area contributed by atoms with Gasteiger partial charge in [-0.3, -0.25) is 0 Å². The number of benzene rings is 5. The summed E-state index contributed by atoms with van der Waals surface area (Å²) >= 11 is 0. The molecule has 2 aliphatic heterocycles. The first kappa shape index (κ1) is 20.7. The first-order valence-corrected chi connectivity index (χ1v) is 13.6. The number of hydrogen-bond acceptors (Lipinski definition) is 0. The Hall–Kier alpha value is -4.30. The van der Waals surface area contributed by atoms with Gasteiger partial charge < -0.3 is 9.13 Å². The van der Waals surface area contributed by atoms with Crippen LogP contribution in [0, 0.1) is 0 Å². The average molecular weight is 489 g/mol. The standard InChI is InChI=1S/C36H28N2/c1-35(2)24-15-7-10-19-29(24)37-28-18-9-6-13-23(28)31-32-30(20-26(35)34(31)37)38-27-17-8-5-12-21(27)22-14-11-16-25(33(22)38)36(32,3)4/h5-20H,1-4H3. The fraction of sp³-hybridized carbons (Fsp3) is 0.167. The summed E-state index contributed by atoms with van der Waals surface area (Å²) in [7, 11) is 0. The Balaban J connectivity index is 1.62. The molecule has 0 aliphatic carbocycles. The van der Waals surface area contributed by atoms with Crippen LogP contribution in [0.15, 0.2) is 97.1 Å². The van der Waals surface area contributed by atoms with Crippen molar-refractivity contribution < 1.29 is 0 Å². The van der Waals surface area contributed by atoms with Gasteiger partial charge in [0, 0.05) is 32.4 Å². The smallest absolute Gasteiger partial charge is 0.0586 e. The lowest BCUT2D eigenvalue weighted by molar-refractivity contribution is 0.618. The van der Waals surface area contributed by atoms with Crippen molar-refractivity contribution >= 4 is 43.6 Å². The minimum atomic E-state index is -0.159. The molecule has 4 heterocycles. The van der Waals surface area contributed by atoms with Crippen molar-refractivity contribution in [1.29, 1.82) is 0 Å². The molecule has 0 atom stereocenters. The van der Waals surface area contributed by atoms with E-state index in [1.807, 2.05) is 0 Å². The fourth-order valence-electron chi connectivity index (χ4n) is 7.94. The van der Waals surface area contributed by atoms with Crippen LogP contribution in [0.2, 0.25) is 0 Å². The quantitative estimate of drug-likeness (QED) is 0.201. The third kappa shape index (κ3) is 2.12. The van der Waals surface area contributed by atoms with Crippen LogP contribution in [-0.2, 0) is 10.8 Å². The second kappa shape index (κ2) is 6.39. The molecule has 2 heteroatoms. The molecule has 0 spiro atoms. The van der Waals surface area contributed by atoms with Crippen LogP contribution in [0.3, 0.4) is 0 Å². The third-order valence-corrected chi connectivity index (χ3v) is 9.64. The van der Waals surface area contributed by atoms with E-state index in [-0.39, 0.29) is 10.8 Å². The van der Waals surface area contributed by atoms with E-state index in [0.717, 1.165) is 0 Å². The van der Waals surface area contributed by atoms with Crippen LogP contribution in [0.5, 0.6) is 0 Å². The molecule has 0 fully saturated rings. The van der Waals surface area contributed by atoms with Crippen LogP contribution in [0.4, 0.5) is 0 Å². The summed E-state index contributed by atoms with van der Waals surface area (Å²) in [5.41, 5.74) is 13.3. The molecule has 0 unspecified atom stereocenters. The van der Waals surface area contributed by atoms with Gasteiger partial charge in [0.05, 0.1) is 33.4 Å². The van der Waals surface area contributed by atoms with Crippen LogP contribution in [0.25, 0.3) is 55.0 Å². The van der Waals surface area contributed by atoms with Crippen molar-refractivity contribution in [2.75, 3.05) is 0 Å². The van der Waals surface area contributed by atoms with Gasteiger partial charge in [-0.1, -0.05) is 100 Å². The molecule has 0 bridgehead atoms. The molecule has 7 aromatic rings. The zero-order valence-electron chi connectivity index (χ0n) is 22.1. The summed E-state index contributed by atoms with van der Waals surface area (Å²) < 4.78 is 5.11. The average Bonchev–Trinajstić information content (AvgIpc) is 3.45. The normalized spacial score (nSPS) is 16.3. The number of fused-ring (bicyclic) bond motifs is 11. The second-order valence-electron chi connectivity index (χ2n) is 12.2. The lowest BCUT2D eigenvalue weighted by Gasteiger charge is -2.39. The lowest BCUT2D eigenvalue weighted by Crippen LogP contribution is -2.30. The first-order valence-electron chi connectivity index (χ1n) is 13.6. The van der Waals surface area contributed by atoms with Crippen molar-refractivity contribution in [3.05, 3.63) is 119 Å². The van der Waals surface area contributed by atoms with E-state index in [1.54, 1.807) is 0 Å². The van der Waals surface area contributed by atoms with Crippen molar-refractivity contribution in [2.24, 2.45) is 0 Å².